The molecule has 0 saturated carbocycles. The molecule has 1 aromatic rings. The van der Waals surface area contributed by atoms with E-state index < -0.39 is 5.51 Å². The number of halogens is 3. The second kappa shape index (κ2) is 2.77. The first-order chi connectivity index (χ1) is 4.97. The van der Waals surface area contributed by atoms with Crippen LogP contribution in [-0.2, 0) is 0 Å². The van der Waals surface area contributed by atoms with Gasteiger partial charge in [0.1, 0.15) is 11.3 Å². The largest absolute Gasteiger partial charge is 0.448 e. The van der Waals surface area contributed by atoms with Crippen molar-refractivity contribution in [1.82, 2.24) is 4.98 Å². The van der Waals surface area contributed by atoms with Gasteiger partial charge in [-0.3, -0.25) is 0 Å². The van der Waals surface area contributed by atoms with Crippen LogP contribution in [-0.4, -0.2) is 10.5 Å². The standard InChI is InChI=1S/C5H4F3NOS/c1-3-9-4(2-10-3)11-5(6,7)8/h2H,1H3. The summed E-state index contributed by atoms with van der Waals surface area (Å²) in [7, 11) is 0. The highest BCUT2D eigenvalue weighted by Crippen LogP contribution is 2.35. The van der Waals surface area contributed by atoms with Crippen molar-refractivity contribution < 1.29 is 17.6 Å². The third-order valence-electron chi connectivity index (χ3n) is 0.818. The number of aryl methyl sites for hydroxylation is 1. The molecule has 1 rings (SSSR count). The zero-order chi connectivity index (χ0) is 8.48. The zero-order valence-electron chi connectivity index (χ0n) is 5.47. The molecule has 0 aliphatic rings. The highest BCUT2D eigenvalue weighted by molar-refractivity contribution is 8.00. The average Bonchev–Trinajstić information content (AvgIpc) is 2.10. The predicted molar refractivity (Wildman–Crippen MR) is 33.2 cm³/mol. The molecule has 0 aliphatic carbocycles. The fourth-order valence-corrected chi connectivity index (χ4v) is 1.02. The summed E-state index contributed by atoms with van der Waals surface area (Å²) in [6, 6.07) is 0. The number of thioether (sulfide) groups is 1. The van der Waals surface area contributed by atoms with E-state index in [9.17, 15) is 13.2 Å². The van der Waals surface area contributed by atoms with Crippen molar-refractivity contribution in [2.24, 2.45) is 0 Å². The lowest BCUT2D eigenvalue weighted by molar-refractivity contribution is -0.0329. The smallest absolute Gasteiger partial charge is 0.447 e. The van der Waals surface area contributed by atoms with Gasteiger partial charge in [0.25, 0.3) is 0 Å². The molecule has 1 aromatic heterocycles. The van der Waals surface area contributed by atoms with Gasteiger partial charge < -0.3 is 4.42 Å². The number of hydrogen-bond acceptors (Lipinski definition) is 3. The van der Waals surface area contributed by atoms with Gasteiger partial charge in [-0.15, -0.1) is 0 Å². The number of oxazole rings is 1. The minimum Gasteiger partial charge on any atom is -0.448 e. The quantitative estimate of drug-likeness (QED) is 0.626. The normalized spacial score (nSPS) is 12.0. The van der Waals surface area contributed by atoms with Crippen LogP contribution in [0.25, 0.3) is 0 Å². The summed E-state index contributed by atoms with van der Waals surface area (Å²) in [5.41, 5.74) is -4.29. The summed E-state index contributed by atoms with van der Waals surface area (Å²) in [4.78, 5) is 3.47. The van der Waals surface area contributed by atoms with Crippen LogP contribution in [0.3, 0.4) is 0 Å². The Morgan fingerprint density at radius 1 is 1.55 bits per heavy atom. The van der Waals surface area contributed by atoms with Crippen LogP contribution in [0.5, 0.6) is 0 Å². The Morgan fingerprint density at radius 2 is 2.18 bits per heavy atom. The molecule has 0 N–H and O–H groups in total. The number of aromatic nitrogens is 1. The van der Waals surface area contributed by atoms with Crippen LogP contribution in [0.4, 0.5) is 13.2 Å². The molecule has 0 amide bonds. The van der Waals surface area contributed by atoms with Crippen LogP contribution < -0.4 is 0 Å². The van der Waals surface area contributed by atoms with Gasteiger partial charge in [-0.25, -0.2) is 4.98 Å². The zero-order valence-corrected chi connectivity index (χ0v) is 6.29. The summed E-state index contributed by atoms with van der Waals surface area (Å²) in [6.07, 6.45) is 0.980. The molecule has 0 radical (unpaired) electrons. The minimum atomic E-state index is -4.29. The molecule has 1 heterocycles. The van der Waals surface area contributed by atoms with Gasteiger partial charge in [-0.2, -0.15) is 13.2 Å². The van der Waals surface area contributed by atoms with E-state index in [-0.39, 0.29) is 22.7 Å². The van der Waals surface area contributed by atoms with Gasteiger partial charge in [0.2, 0.25) is 0 Å². The van der Waals surface area contributed by atoms with E-state index in [4.69, 9.17) is 0 Å². The molecule has 0 bridgehead atoms. The van der Waals surface area contributed by atoms with Crippen LogP contribution in [0, 0.1) is 6.92 Å². The lowest BCUT2D eigenvalue weighted by Crippen LogP contribution is -1.98. The summed E-state index contributed by atoms with van der Waals surface area (Å²) in [5.74, 6) is 0.233. The van der Waals surface area contributed by atoms with Gasteiger partial charge in [0.15, 0.2) is 5.89 Å². The topological polar surface area (TPSA) is 26.0 Å². The van der Waals surface area contributed by atoms with Crippen molar-refractivity contribution in [3.05, 3.63) is 12.2 Å². The lowest BCUT2D eigenvalue weighted by Gasteiger charge is -1.99. The van der Waals surface area contributed by atoms with Crippen LogP contribution >= 0.6 is 11.8 Å². The fraction of sp³-hybridized carbons (Fsp3) is 0.400. The van der Waals surface area contributed by atoms with Crippen molar-refractivity contribution in [3.8, 4) is 0 Å². The molecule has 0 aromatic carbocycles. The molecule has 6 heteroatoms. The Bertz CT molecular complexity index is 244. The van der Waals surface area contributed by atoms with Crippen molar-refractivity contribution >= 4 is 11.8 Å². The summed E-state index contributed by atoms with van der Waals surface area (Å²) >= 11 is -0.283. The maximum Gasteiger partial charge on any atom is 0.447 e. The molecule has 11 heavy (non-hydrogen) atoms. The van der Waals surface area contributed by atoms with E-state index in [2.05, 4.69) is 9.40 Å². The van der Waals surface area contributed by atoms with E-state index in [1.165, 1.54) is 6.92 Å². The van der Waals surface area contributed by atoms with Crippen LogP contribution in [0.1, 0.15) is 5.89 Å². The van der Waals surface area contributed by atoms with Gasteiger partial charge in [0, 0.05) is 18.7 Å². The molecule has 62 valence electrons. The summed E-state index contributed by atoms with van der Waals surface area (Å²) in [5, 5.41) is -0.157. The molecule has 0 fully saturated rings. The summed E-state index contributed by atoms with van der Waals surface area (Å²) < 4.78 is 39.5. The minimum absolute atomic E-state index is 0.157. The molecule has 0 atom stereocenters. The van der Waals surface area contributed by atoms with E-state index in [1.807, 2.05) is 0 Å². The molecular weight excluding hydrogens is 179 g/mol. The molecule has 0 aliphatic heterocycles. The third kappa shape index (κ3) is 2.83. The Morgan fingerprint density at radius 3 is 2.55 bits per heavy atom. The predicted octanol–water partition coefficient (Wildman–Crippen LogP) is 2.59. The molecule has 0 unspecified atom stereocenters. The molecule has 2 nitrogen and oxygen atoms in total. The number of hydrogen-bond donors (Lipinski definition) is 0. The maximum absolute atomic E-state index is 11.6. The Kier molecular flexibility index (Phi) is 2.12. The fourth-order valence-electron chi connectivity index (χ4n) is 0.509. The van der Waals surface area contributed by atoms with Crippen molar-refractivity contribution in [2.45, 2.75) is 17.5 Å². The second-order valence-corrected chi connectivity index (χ2v) is 2.84. The van der Waals surface area contributed by atoms with Crippen LogP contribution in [0.15, 0.2) is 15.7 Å². The SMILES string of the molecule is Cc1nc(SC(F)(F)F)co1. The third-order valence-corrected chi connectivity index (χ3v) is 1.45. The molecule has 0 spiro atoms. The van der Waals surface area contributed by atoms with Gasteiger partial charge in [-0.05, 0) is 0 Å². The van der Waals surface area contributed by atoms with Crippen LogP contribution in [0.2, 0.25) is 0 Å². The number of alkyl halides is 3. The first-order valence-corrected chi connectivity index (χ1v) is 3.47. The monoisotopic (exact) mass is 183 g/mol. The average molecular weight is 183 g/mol. The maximum atomic E-state index is 11.6. The highest BCUT2D eigenvalue weighted by atomic mass is 32.2. The van der Waals surface area contributed by atoms with Gasteiger partial charge in [0.05, 0.1) is 0 Å². The van der Waals surface area contributed by atoms with E-state index in [1.54, 1.807) is 0 Å². The summed E-state index contributed by atoms with van der Waals surface area (Å²) in [6.45, 7) is 1.49. The lowest BCUT2D eigenvalue weighted by atomic mass is 10.8. The van der Waals surface area contributed by atoms with Gasteiger partial charge >= 0.3 is 5.51 Å². The van der Waals surface area contributed by atoms with E-state index >= 15 is 0 Å². The second-order valence-electron chi connectivity index (χ2n) is 1.75. The molecule has 0 saturated heterocycles. The number of rotatable bonds is 1. The molecular formula is C5H4F3NOS. The first-order valence-electron chi connectivity index (χ1n) is 2.65. The van der Waals surface area contributed by atoms with E-state index in [0.717, 1.165) is 6.26 Å². The van der Waals surface area contributed by atoms with E-state index in [0.29, 0.717) is 0 Å². The Labute approximate surface area is 64.8 Å². The number of nitrogens with zero attached hydrogens (tertiary/aromatic N) is 1. The van der Waals surface area contributed by atoms with Gasteiger partial charge in [-0.1, -0.05) is 0 Å². The highest BCUT2D eigenvalue weighted by Gasteiger charge is 2.30. The Balaban J connectivity index is 2.65. The van der Waals surface area contributed by atoms with Crippen molar-refractivity contribution in [2.75, 3.05) is 0 Å². The van der Waals surface area contributed by atoms with Crippen molar-refractivity contribution in [3.63, 3.8) is 0 Å². The Hall–Kier alpha value is -0.650. The van der Waals surface area contributed by atoms with Crippen molar-refractivity contribution in [1.29, 1.82) is 0 Å². The first kappa shape index (κ1) is 8.45.